The van der Waals surface area contributed by atoms with Crippen LogP contribution < -0.4 is 10.6 Å². The highest BCUT2D eigenvalue weighted by molar-refractivity contribution is 8.00. The lowest BCUT2D eigenvalue weighted by atomic mass is 10.3. The maximum absolute atomic E-state index is 10.4. The lowest BCUT2D eigenvalue weighted by Gasteiger charge is -2.10. The van der Waals surface area contributed by atoms with E-state index in [1.54, 1.807) is 7.11 Å². The van der Waals surface area contributed by atoms with Crippen molar-refractivity contribution in [2.75, 3.05) is 31.3 Å². The van der Waals surface area contributed by atoms with Crippen molar-refractivity contribution in [3.8, 4) is 0 Å². The summed E-state index contributed by atoms with van der Waals surface area (Å²) >= 11 is 6.39. The second kappa shape index (κ2) is 8.73. The van der Waals surface area contributed by atoms with Crippen molar-refractivity contribution in [3.63, 3.8) is 0 Å². The van der Waals surface area contributed by atoms with E-state index in [0.29, 0.717) is 18.3 Å². The summed E-state index contributed by atoms with van der Waals surface area (Å²) in [5.41, 5.74) is 0.856. The maximum atomic E-state index is 10.4. The minimum atomic E-state index is -0.823. The van der Waals surface area contributed by atoms with Crippen molar-refractivity contribution >= 4 is 40.7 Å². The Morgan fingerprint density at radius 2 is 2.11 bits per heavy atom. The van der Waals surface area contributed by atoms with Crippen LogP contribution in [0.1, 0.15) is 0 Å². The van der Waals surface area contributed by atoms with Gasteiger partial charge in [-0.25, -0.2) is 0 Å². The zero-order chi connectivity index (χ0) is 14.1. The van der Waals surface area contributed by atoms with E-state index < -0.39 is 5.97 Å². The van der Waals surface area contributed by atoms with Crippen LogP contribution in [0.15, 0.2) is 29.2 Å². The highest BCUT2D eigenvalue weighted by atomic mass is 32.2. The Bertz CT molecular complexity index is 423. The predicted molar refractivity (Wildman–Crippen MR) is 80.9 cm³/mol. The molecule has 0 radical (unpaired) electrons. The number of thioether (sulfide) groups is 1. The number of anilines is 1. The van der Waals surface area contributed by atoms with Crippen LogP contribution in [0, 0.1) is 0 Å². The van der Waals surface area contributed by atoms with Gasteiger partial charge in [-0.3, -0.25) is 4.79 Å². The molecule has 7 heteroatoms. The van der Waals surface area contributed by atoms with Crippen LogP contribution in [-0.4, -0.2) is 42.2 Å². The molecule has 19 heavy (non-hydrogen) atoms. The second-order valence-electron chi connectivity index (χ2n) is 3.58. The van der Waals surface area contributed by atoms with Crippen LogP contribution in [0.25, 0.3) is 0 Å². The lowest BCUT2D eigenvalue weighted by molar-refractivity contribution is -0.133. The number of nitrogens with one attached hydrogen (secondary N) is 2. The van der Waals surface area contributed by atoms with Crippen LogP contribution in [0.3, 0.4) is 0 Å². The highest BCUT2D eigenvalue weighted by Gasteiger charge is 2.01. The number of methoxy groups -OCH3 is 1. The monoisotopic (exact) mass is 300 g/mol. The highest BCUT2D eigenvalue weighted by Crippen LogP contribution is 2.19. The molecule has 3 N–H and O–H groups in total. The molecule has 1 aromatic carbocycles. The molecular formula is C12H16N2O3S2. The van der Waals surface area contributed by atoms with Crippen LogP contribution in [0.4, 0.5) is 5.69 Å². The normalized spacial score (nSPS) is 9.95. The molecule has 0 aliphatic carbocycles. The third-order valence-electron chi connectivity index (χ3n) is 2.07. The Kier molecular flexibility index (Phi) is 7.24. The van der Waals surface area contributed by atoms with Gasteiger partial charge in [0.2, 0.25) is 0 Å². The summed E-state index contributed by atoms with van der Waals surface area (Å²) in [6.07, 6.45) is 0. The Morgan fingerprint density at radius 1 is 1.42 bits per heavy atom. The molecule has 0 aliphatic rings. The average Bonchev–Trinajstić information content (AvgIpc) is 2.38. The summed E-state index contributed by atoms with van der Waals surface area (Å²) in [6, 6.07) is 7.42. The summed E-state index contributed by atoms with van der Waals surface area (Å²) in [4.78, 5) is 11.3. The van der Waals surface area contributed by atoms with E-state index in [4.69, 9.17) is 22.1 Å². The van der Waals surface area contributed by atoms with Gasteiger partial charge < -0.3 is 20.5 Å². The molecule has 0 amide bonds. The molecule has 0 heterocycles. The topological polar surface area (TPSA) is 70.6 Å². The van der Waals surface area contributed by atoms with E-state index in [-0.39, 0.29) is 5.75 Å². The average molecular weight is 300 g/mol. The number of ether oxygens (including phenoxy) is 1. The largest absolute Gasteiger partial charge is 0.481 e. The fraction of sp³-hybridized carbons (Fsp3) is 0.333. The van der Waals surface area contributed by atoms with Gasteiger partial charge in [0.05, 0.1) is 12.4 Å². The third-order valence-corrected chi connectivity index (χ3v) is 3.31. The first-order chi connectivity index (χ1) is 9.11. The molecule has 0 aliphatic heterocycles. The van der Waals surface area contributed by atoms with E-state index in [2.05, 4.69) is 10.6 Å². The molecular weight excluding hydrogens is 284 g/mol. The molecule has 1 rings (SSSR count). The quantitative estimate of drug-likeness (QED) is 0.403. The van der Waals surface area contributed by atoms with E-state index >= 15 is 0 Å². The van der Waals surface area contributed by atoms with Gasteiger partial charge in [0.15, 0.2) is 5.11 Å². The van der Waals surface area contributed by atoms with Gasteiger partial charge >= 0.3 is 5.97 Å². The van der Waals surface area contributed by atoms with Gasteiger partial charge in [0.1, 0.15) is 0 Å². The molecule has 1 aromatic rings. The molecule has 104 valence electrons. The standard InChI is InChI=1S/C12H16N2O3S2/c1-17-7-6-13-12(18)14-9-2-4-10(5-3-9)19-8-11(15)16/h2-5H,6-8H2,1H3,(H,15,16)(H2,13,14,18). The summed E-state index contributed by atoms with van der Waals surface area (Å²) in [5, 5.41) is 15.1. The van der Waals surface area contributed by atoms with Gasteiger partial charge in [0.25, 0.3) is 0 Å². The van der Waals surface area contributed by atoms with Crippen molar-refractivity contribution in [2.45, 2.75) is 4.90 Å². The minimum absolute atomic E-state index is 0.0593. The number of hydrogen-bond acceptors (Lipinski definition) is 4. The Balaban J connectivity index is 2.39. The molecule has 0 bridgehead atoms. The van der Waals surface area contributed by atoms with Crippen molar-refractivity contribution in [1.29, 1.82) is 0 Å². The number of carboxylic acids is 1. The Hall–Kier alpha value is -1.31. The first-order valence-corrected chi connectivity index (χ1v) is 6.99. The van der Waals surface area contributed by atoms with E-state index in [1.807, 2.05) is 24.3 Å². The van der Waals surface area contributed by atoms with Gasteiger partial charge in [0, 0.05) is 24.2 Å². The van der Waals surface area contributed by atoms with Crippen LogP contribution in [-0.2, 0) is 9.53 Å². The summed E-state index contributed by atoms with van der Waals surface area (Å²) in [6.45, 7) is 1.24. The molecule has 0 saturated heterocycles. The predicted octanol–water partition coefficient (Wildman–Crippen LogP) is 1.80. The summed E-state index contributed by atoms with van der Waals surface area (Å²) in [7, 11) is 1.63. The first-order valence-electron chi connectivity index (χ1n) is 5.60. The van der Waals surface area contributed by atoms with E-state index in [1.165, 1.54) is 11.8 Å². The van der Waals surface area contributed by atoms with Gasteiger partial charge in [-0.2, -0.15) is 0 Å². The second-order valence-corrected chi connectivity index (χ2v) is 5.04. The van der Waals surface area contributed by atoms with E-state index in [0.717, 1.165) is 10.6 Å². The number of thiocarbonyl (C=S) groups is 1. The molecule has 0 saturated carbocycles. The van der Waals surface area contributed by atoms with Gasteiger partial charge in [-0.15, -0.1) is 11.8 Å². The zero-order valence-electron chi connectivity index (χ0n) is 10.5. The summed E-state index contributed by atoms with van der Waals surface area (Å²) < 4.78 is 4.90. The van der Waals surface area contributed by atoms with Crippen molar-refractivity contribution in [1.82, 2.24) is 5.32 Å². The molecule has 5 nitrogen and oxygen atoms in total. The lowest BCUT2D eigenvalue weighted by Crippen LogP contribution is -2.31. The van der Waals surface area contributed by atoms with Crippen molar-refractivity contribution in [2.24, 2.45) is 0 Å². The minimum Gasteiger partial charge on any atom is -0.481 e. The number of aliphatic carboxylic acids is 1. The van der Waals surface area contributed by atoms with Gasteiger partial charge in [-0.1, -0.05) is 0 Å². The van der Waals surface area contributed by atoms with Crippen LogP contribution >= 0.6 is 24.0 Å². The molecule has 0 aromatic heterocycles. The smallest absolute Gasteiger partial charge is 0.313 e. The number of carbonyl (C=O) groups is 1. The fourth-order valence-corrected chi connectivity index (χ4v) is 2.06. The zero-order valence-corrected chi connectivity index (χ0v) is 12.1. The van der Waals surface area contributed by atoms with Crippen LogP contribution in [0.2, 0.25) is 0 Å². The number of rotatable bonds is 7. The number of benzene rings is 1. The van der Waals surface area contributed by atoms with Crippen molar-refractivity contribution < 1.29 is 14.6 Å². The van der Waals surface area contributed by atoms with Crippen molar-refractivity contribution in [3.05, 3.63) is 24.3 Å². The van der Waals surface area contributed by atoms with E-state index in [9.17, 15) is 4.79 Å². The Labute approximate surface area is 121 Å². The number of carboxylic acid groups (broad SMARTS) is 1. The molecule has 0 fully saturated rings. The summed E-state index contributed by atoms with van der Waals surface area (Å²) in [5.74, 6) is -0.764. The maximum Gasteiger partial charge on any atom is 0.313 e. The Morgan fingerprint density at radius 3 is 2.68 bits per heavy atom. The third kappa shape index (κ3) is 7.00. The van der Waals surface area contributed by atoms with Crippen LogP contribution in [0.5, 0.6) is 0 Å². The molecule has 0 spiro atoms. The first kappa shape index (κ1) is 15.7. The fourth-order valence-electron chi connectivity index (χ4n) is 1.22. The van der Waals surface area contributed by atoms with Gasteiger partial charge in [-0.05, 0) is 36.5 Å². The SMILES string of the molecule is COCCNC(=S)Nc1ccc(SCC(=O)O)cc1. The number of hydrogen-bond donors (Lipinski definition) is 3. The molecule has 0 atom stereocenters. The molecule has 0 unspecified atom stereocenters.